The van der Waals surface area contributed by atoms with E-state index < -0.39 is 0 Å². The molecule has 2 aromatic carbocycles. The molecule has 0 saturated heterocycles. The second kappa shape index (κ2) is 16.5. The summed E-state index contributed by atoms with van der Waals surface area (Å²) in [7, 11) is 0. The summed E-state index contributed by atoms with van der Waals surface area (Å²) >= 11 is 0. The first-order valence-electron chi connectivity index (χ1n) is 17.1. The first kappa shape index (κ1) is 34.0. The van der Waals surface area contributed by atoms with Crippen LogP contribution in [-0.4, -0.2) is 44.8 Å². The van der Waals surface area contributed by atoms with E-state index in [2.05, 4.69) is 80.6 Å². The Morgan fingerprint density at radius 1 is 0.638 bits per heavy atom. The monoisotopic (exact) mass is 633 g/mol. The molecule has 0 amide bonds. The number of carbonyl (C=O) groups excluding carboxylic acids is 2. The molecule has 6 rings (SSSR count). The standard InChI is InChI=1S/C20H24N2O2.C19H23N3O/c1-2-24-19(23)16-14-21-18(22-15-16)13-20(11-7-4-8-12-20)17-9-5-3-6-10-17;20-12-17(23)15-13-21-18(22-14-15)11-19(9-5-2-6-10-19)16-7-3-1-4-8-16/h3,5-6,9-10,14-15H,2,4,7-8,11-13H2,1H3;1,3-4,7-8,13-14H,2,5-6,9-12,20H2. The normalized spacial score (nSPS) is 16.7. The van der Waals surface area contributed by atoms with Crippen molar-refractivity contribution in [2.45, 2.75) is 94.8 Å². The highest BCUT2D eigenvalue weighted by molar-refractivity contribution is 5.96. The fourth-order valence-corrected chi connectivity index (χ4v) is 7.25. The lowest BCUT2D eigenvalue weighted by Crippen LogP contribution is -2.32. The van der Waals surface area contributed by atoms with Crippen LogP contribution in [0.15, 0.2) is 85.5 Å². The van der Waals surface area contributed by atoms with Crippen LogP contribution in [0.25, 0.3) is 0 Å². The van der Waals surface area contributed by atoms with Gasteiger partial charge in [0.1, 0.15) is 11.6 Å². The Bertz CT molecular complexity index is 1550. The highest BCUT2D eigenvalue weighted by atomic mass is 16.5. The third kappa shape index (κ3) is 8.74. The van der Waals surface area contributed by atoms with E-state index in [1.165, 1.54) is 75.3 Å². The molecular weight excluding hydrogens is 586 g/mol. The van der Waals surface area contributed by atoms with E-state index in [1.54, 1.807) is 31.7 Å². The van der Waals surface area contributed by atoms with Crippen LogP contribution in [0.4, 0.5) is 0 Å². The molecule has 2 saturated carbocycles. The SMILES string of the molecule is CCOC(=O)c1cnc(CC2(c3ccccc3)CCCCC2)nc1.NCC(=O)c1cnc(CC2(c3ccccc3)CCCCC2)nc1. The Kier molecular flexibility index (Phi) is 12.0. The number of ether oxygens (including phenoxy) is 1. The van der Waals surface area contributed by atoms with Gasteiger partial charge in [-0.25, -0.2) is 24.7 Å². The van der Waals surface area contributed by atoms with Crippen LogP contribution in [0.1, 0.15) is 115 Å². The zero-order chi connectivity index (χ0) is 33.0. The largest absolute Gasteiger partial charge is 0.462 e. The first-order chi connectivity index (χ1) is 23.0. The summed E-state index contributed by atoms with van der Waals surface area (Å²) < 4.78 is 4.99. The van der Waals surface area contributed by atoms with Crippen LogP contribution in [0.5, 0.6) is 0 Å². The van der Waals surface area contributed by atoms with E-state index >= 15 is 0 Å². The number of rotatable bonds is 10. The number of nitrogens with zero attached hydrogens (tertiary/aromatic N) is 4. The lowest BCUT2D eigenvalue weighted by atomic mass is 9.67. The van der Waals surface area contributed by atoms with E-state index in [4.69, 9.17) is 10.5 Å². The van der Waals surface area contributed by atoms with Gasteiger partial charge in [0.2, 0.25) is 0 Å². The Hall–Kier alpha value is -4.30. The molecule has 4 aromatic rings. The van der Waals surface area contributed by atoms with Crippen LogP contribution in [0.3, 0.4) is 0 Å². The number of benzene rings is 2. The zero-order valence-electron chi connectivity index (χ0n) is 27.6. The van der Waals surface area contributed by atoms with Crippen molar-refractivity contribution in [2.24, 2.45) is 5.73 Å². The van der Waals surface area contributed by atoms with Crippen LogP contribution < -0.4 is 5.73 Å². The molecule has 0 atom stereocenters. The molecule has 2 fully saturated rings. The average Bonchev–Trinajstić information content (AvgIpc) is 3.14. The molecule has 2 N–H and O–H groups in total. The molecule has 0 aliphatic heterocycles. The van der Waals surface area contributed by atoms with Gasteiger partial charge in [0.25, 0.3) is 0 Å². The molecule has 8 heteroatoms. The van der Waals surface area contributed by atoms with Gasteiger partial charge in [0, 0.05) is 48.5 Å². The summed E-state index contributed by atoms with van der Waals surface area (Å²) in [5, 5.41) is 0. The minimum atomic E-state index is -0.362. The van der Waals surface area contributed by atoms with Gasteiger partial charge >= 0.3 is 5.97 Å². The van der Waals surface area contributed by atoms with E-state index in [0.29, 0.717) is 17.7 Å². The molecule has 246 valence electrons. The van der Waals surface area contributed by atoms with Crippen molar-refractivity contribution in [3.63, 3.8) is 0 Å². The number of Topliss-reactive ketones (excluding diaryl/α,β-unsaturated/α-hetero) is 1. The summed E-state index contributed by atoms with van der Waals surface area (Å²) in [5.74, 6) is 1.13. The molecule has 47 heavy (non-hydrogen) atoms. The predicted octanol–water partition coefficient (Wildman–Crippen LogP) is 7.16. The second-order valence-electron chi connectivity index (χ2n) is 12.9. The van der Waals surface area contributed by atoms with Crippen LogP contribution in [0, 0.1) is 0 Å². The topological polar surface area (TPSA) is 121 Å². The van der Waals surface area contributed by atoms with Gasteiger partial charge in [0.05, 0.1) is 24.3 Å². The van der Waals surface area contributed by atoms with Gasteiger partial charge in [0.15, 0.2) is 5.78 Å². The number of ketones is 1. The van der Waals surface area contributed by atoms with Crippen LogP contribution in [-0.2, 0) is 28.4 Å². The number of carbonyl (C=O) groups is 2. The van der Waals surface area contributed by atoms with Crippen molar-refractivity contribution < 1.29 is 14.3 Å². The van der Waals surface area contributed by atoms with Crippen LogP contribution in [0.2, 0.25) is 0 Å². The smallest absolute Gasteiger partial charge is 0.341 e. The zero-order valence-corrected chi connectivity index (χ0v) is 27.6. The van der Waals surface area contributed by atoms with Gasteiger partial charge in [-0.3, -0.25) is 4.79 Å². The highest BCUT2D eigenvalue weighted by Gasteiger charge is 2.36. The third-order valence-corrected chi connectivity index (χ3v) is 9.82. The summed E-state index contributed by atoms with van der Waals surface area (Å²) in [6.07, 6.45) is 20.3. The average molecular weight is 634 g/mol. The highest BCUT2D eigenvalue weighted by Crippen LogP contribution is 2.42. The van der Waals surface area contributed by atoms with E-state index in [-0.39, 0.29) is 29.1 Å². The number of esters is 1. The molecular formula is C39H47N5O3. The molecule has 0 bridgehead atoms. The Balaban J connectivity index is 0.000000185. The molecule has 8 nitrogen and oxygen atoms in total. The molecule has 2 aliphatic rings. The Morgan fingerprint density at radius 2 is 1.04 bits per heavy atom. The molecule has 2 heterocycles. The number of aromatic nitrogens is 4. The molecule has 2 aliphatic carbocycles. The summed E-state index contributed by atoms with van der Waals surface area (Å²) in [5.41, 5.74) is 9.29. The minimum absolute atomic E-state index is 0.00331. The van der Waals surface area contributed by atoms with Gasteiger partial charge in [-0.15, -0.1) is 0 Å². The van der Waals surface area contributed by atoms with Gasteiger partial charge in [-0.2, -0.15) is 0 Å². The number of nitrogens with two attached hydrogens (primary N) is 1. The Morgan fingerprint density at radius 3 is 1.43 bits per heavy atom. The summed E-state index contributed by atoms with van der Waals surface area (Å²) in [6.45, 7) is 2.15. The lowest BCUT2D eigenvalue weighted by molar-refractivity contribution is 0.0525. The van der Waals surface area contributed by atoms with E-state index in [9.17, 15) is 9.59 Å². The maximum atomic E-state index is 11.7. The van der Waals surface area contributed by atoms with Crippen molar-refractivity contribution in [2.75, 3.05) is 13.2 Å². The fourth-order valence-electron chi connectivity index (χ4n) is 7.25. The molecule has 2 aromatic heterocycles. The van der Waals surface area contributed by atoms with Crippen molar-refractivity contribution in [1.29, 1.82) is 0 Å². The first-order valence-corrected chi connectivity index (χ1v) is 17.1. The van der Waals surface area contributed by atoms with E-state index in [0.717, 1.165) is 24.5 Å². The quantitative estimate of drug-likeness (QED) is 0.144. The van der Waals surface area contributed by atoms with Crippen molar-refractivity contribution in [1.82, 2.24) is 19.9 Å². The number of hydrogen-bond donors (Lipinski definition) is 1. The number of hydrogen-bond acceptors (Lipinski definition) is 8. The summed E-state index contributed by atoms with van der Waals surface area (Å²) in [6, 6.07) is 21.4. The van der Waals surface area contributed by atoms with E-state index in [1.807, 2.05) is 0 Å². The third-order valence-electron chi connectivity index (χ3n) is 9.82. The molecule has 0 unspecified atom stereocenters. The molecule has 0 radical (unpaired) electrons. The lowest BCUT2D eigenvalue weighted by Gasteiger charge is -2.37. The maximum absolute atomic E-state index is 11.7. The van der Waals surface area contributed by atoms with Gasteiger partial charge in [-0.1, -0.05) is 99.2 Å². The Labute approximate surface area is 278 Å². The maximum Gasteiger partial charge on any atom is 0.341 e. The van der Waals surface area contributed by atoms with Crippen molar-refractivity contribution in [3.05, 3.63) is 119 Å². The van der Waals surface area contributed by atoms with Crippen molar-refractivity contribution in [3.8, 4) is 0 Å². The van der Waals surface area contributed by atoms with Gasteiger partial charge < -0.3 is 10.5 Å². The molecule has 0 spiro atoms. The van der Waals surface area contributed by atoms with Crippen molar-refractivity contribution >= 4 is 11.8 Å². The fraction of sp³-hybridized carbons (Fsp3) is 0.436. The minimum Gasteiger partial charge on any atom is -0.462 e. The van der Waals surface area contributed by atoms with Gasteiger partial charge in [-0.05, 0) is 43.7 Å². The second-order valence-corrected chi connectivity index (χ2v) is 12.9. The summed E-state index contributed by atoms with van der Waals surface area (Å²) in [4.78, 5) is 41.0. The van der Waals surface area contributed by atoms with Crippen LogP contribution >= 0.6 is 0 Å². The predicted molar refractivity (Wildman–Crippen MR) is 183 cm³/mol.